The molecule has 3 rings (SSSR count). The number of carboxylic acid groups (broad SMARTS) is 1. The van der Waals surface area contributed by atoms with E-state index >= 15 is 0 Å². The lowest BCUT2D eigenvalue weighted by Crippen LogP contribution is -2.38. The van der Waals surface area contributed by atoms with Crippen LogP contribution in [0.2, 0.25) is 0 Å². The average Bonchev–Trinajstić information content (AvgIpc) is 2.96. The number of hydrogen-bond donors (Lipinski definition) is 1. The van der Waals surface area contributed by atoms with Gasteiger partial charge in [0.2, 0.25) is 5.89 Å². The summed E-state index contributed by atoms with van der Waals surface area (Å²) in [5, 5.41) is 9.13. The molecule has 2 aromatic rings. The predicted molar refractivity (Wildman–Crippen MR) is 85.3 cm³/mol. The molecule has 116 valence electrons. The Morgan fingerprint density at radius 2 is 2.18 bits per heavy atom. The normalized spacial score (nSPS) is 19.2. The molecule has 5 nitrogen and oxygen atoms in total. The number of piperidine rings is 1. The number of benzene rings is 1. The molecule has 0 amide bonds. The standard InChI is InChI=1S/C16H17BrN2O3/c17-13-5-3-11(4-6-13)15-18-14(10-22-15)9-19-7-1-2-12(8-19)16(20)21/h3-6,10,12H,1-2,7-9H2,(H,20,21). The summed E-state index contributed by atoms with van der Waals surface area (Å²) in [4.78, 5) is 17.7. The number of oxazole rings is 1. The zero-order valence-electron chi connectivity index (χ0n) is 12.0. The van der Waals surface area contributed by atoms with Gasteiger partial charge in [-0.05, 0) is 43.7 Å². The minimum absolute atomic E-state index is 0.272. The molecule has 6 heteroatoms. The number of carboxylic acids is 1. The molecule has 1 saturated heterocycles. The van der Waals surface area contributed by atoms with Crippen LogP contribution in [0.5, 0.6) is 0 Å². The summed E-state index contributed by atoms with van der Waals surface area (Å²) in [6, 6.07) is 7.78. The van der Waals surface area contributed by atoms with Gasteiger partial charge in [0.1, 0.15) is 6.26 Å². The fraction of sp³-hybridized carbons (Fsp3) is 0.375. The summed E-state index contributed by atoms with van der Waals surface area (Å²) in [7, 11) is 0. The minimum atomic E-state index is -0.708. The Balaban J connectivity index is 1.66. The summed E-state index contributed by atoms with van der Waals surface area (Å²) < 4.78 is 6.55. The molecule has 1 aliphatic heterocycles. The van der Waals surface area contributed by atoms with Gasteiger partial charge in [0.05, 0.1) is 11.6 Å². The molecular weight excluding hydrogens is 348 g/mol. The molecule has 1 N–H and O–H groups in total. The summed E-state index contributed by atoms with van der Waals surface area (Å²) in [6.45, 7) is 2.11. The Morgan fingerprint density at radius 1 is 1.41 bits per heavy atom. The van der Waals surface area contributed by atoms with Crippen molar-refractivity contribution in [2.24, 2.45) is 5.92 Å². The van der Waals surface area contributed by atoms with E-state index in [4.69, 9.17) is 9.52 Å². The van der Waals surface area contributed by atoms with Crippen molar-refractivity contribution in [1.29, 1.82) is 0 Å². The lowest BCUT2D eigenvalue weighted by Gasteiger charge is -2.29. The molecule has 1 aromatic heterocycles. The lowest BCUT2D eigenvalue weighted by atomic mass is 9.98. The lowest BCUT2D eigenvalue weighted by molar-refractivity contribution is -0.143. The molecule has 1 aromatic carbocycles. The van der Waals surface area contributed by atoms with Crippen LogP contribution in [0.3, 0.4) is 0 Å². The summed E-state index contributed by atoms with van der Waals surface area (Å²) >= 11 is 3.40. The molecule has 1 atom stereocenters. The number of aromatic nitrogens is 1. The average molecular weight is 365 g/mol. The molecule has 1 aliphatic rings. The third-order valence-corrected chi connectivity index (χ3v) is 4.41. The number of carbonyl (C=O) groups is 1. The summed E-state index contributed by atoms with van der Waals surface area (Å²) in [5.41, 5.74) is 1.76. The van der Waals surface area contributed by atoms with Crippen molar-refractivity contribution in [3.05, 3.63) is 40.7 Å². The first-order chi connectivity index (χ1) is 10.6. The molecule has 0 aliphatic carbocycles. The van der Waals surface area contributed by atoms with Crippen molar-refractivity contribution < 1.29 is 14.3 Å². The van der Waals surface area contributed by atoms with E-state index in [1.807, 2.05) is 24.3 Å². The highest BCUT2D eigenvalue weighted by Crippen LogP contribution is 2.23. The number of rotatable bonds is 4. The van der Waals surface area contributed by atoms with E-state index in [1.165, 1.54) is 0 Å². The van der Waals surface area contributed by atoms with E-state index in [0.717, 1.165) is 35.1 Å². The monoisotopic (exact) mass is 364 g/mol. The van der Waals surface area contributed by atoms with Gasteiger partial charge in [0, 0.05) is 23.1 Å². The first-order valence-corrected chi connectivity index (χ1v) is 8.06. The van der Waals surface area contributed by atoms with E-state index in [1.54, 1.807) is 6.26 Å². The first kappa shape index (κ1) is 15.2. The molecule has 0 radical (unpaired) electrons. The fourth-order valence-electron chi connectivity index (χ4n) is 2.73. The highest BCUT2D eigenvalue weighted by atomic mass is 79.9. The third-order valence-electron chi connectivity index (χ3n) is 3.88. The van der Waals surface area contributed by atoms with Crippen LogP contribution in [-0.4, -0.2) is 34.0 Å². The second-order valence-corrected chi connectivity index (χ2v) is 6.48. The number of aliphatic carboxylic acids is 1. The van der Waals surface area contributed by atoms with E-state index < -0.39 is 5.97 Å². The van der Waals surface area contributed by atoms with E-state index in [-0.39, 0.29) is 5.92 Å². The highest BCUT2D eigenvalue weighted by Gasteiger charge is 2.25. The SMILES string of the molecule is O=C(O)C1CCCN(Cc2coc(-c3ccc(Br)cc3)n2)C1. The molecule has 22 heavy (non-hydrogen) atoms. The molecule has 1 fully saturated rings. The Hall–Kier alpha value is -1.66. The fourth-order valence-corrected chi connectivity index (χ4v) is 3.00. The number of likely N-dealkylation sites (tertiary alicyclic amines) is 1. The van der Waals surface area contributed by atoms with Crippen molar-refractivity contribution in [1.82, 2.24) is 9.88 Å². The second kappa shape index (κ2) is 6.62. The zero-order valence-corrected chi connectivity index (χ0v) is 13.6. The quantitative estimate of drug-likeness (QED) is 0.900. The Morgan fingerprint density at radius 3 is 2.91 bits per heavy atom. The van der Waals surface area contributed by atoms with Gasteiger partial charge in [-0.1, -0.05) is 15.9 Å². The number of hydrogen-bond acceptors (Lipinski definition) is 4. The van der Waals surface area contributed by atoms with Gasteiger partial charge in [0.15, 0.2) is 0 Å². The first-order valence-electron chi connectivity index (χ1n) is 7.27. The molecule has 1 unspecified atom stereocenters. The van der Waals surface area contributed by atoms with Gasteiger partial charge in [-0.2, -0.15) is 0 Å². The van der Waals surface area contributed by atoms with Crippen LogP contribution in [-0.2, 0) is 11.3 Å². The number of halogens is 1. The zero-order chi connectivity index (χ0) is 15.5. The van der Waals surface area contributed by atoms with Crippen LogP contribution in [0.25, 0.3) is 11.5 Å². The second-order valence-electron chi connectivity index (χ2n) is 5.56. The molecule has 2 heterocycles. The van der Waals surface area contributed by atoms with E-state index in [9.17, 15) is 4.79 Å². The minimum Gasteiger partial charge on any atom is -0.481 e. The van der Waals surface area contributed by atoms with Gasteiger partial charge in [0.25, 0.3) is 0 Å². The van der Waals surface area contributed by atoms with Gasteiger partial charge in [-0.3, -0.25) is 9.69 Å². The maximum absolute atomic E-state index is 11.1. The largest absolute Gasteiger partial charge is 0.481 e. The topological polar surface area (TPSA) is 66.6 Å². The molecular formula is C16H17BrN2O3. The molecule has 0 saturated carbocycles. The smallest absolute Gasteiger partial charge is 0.307 e. The summed E-state index contributed by atoms with van der Waals surface area (Å²) in [6.07, 6.45) is 3.32. The van der Waals surface area contributed by atoms with E-state index in [2.05, 4.69) is 25.8 Å². The van der Waals surface area contributed by atoms with E-state index in [0.29, 0.717) is 19.0 Å². The predicted octanol–water partition coefficient (Wildman–Crippen LogP) is 3.40. The van der Waals surface area contributed by atoms with Gasteiger partial charge >= 0.3 is 5.97 Å². The Labute approximate surface area is 137 Å². The molecule has 0 bridgehead atoms. The van der Waals surface area contributed by atoms with Gasteiger partial charge < -0.3 is 9.52 Å². The van der Waals surface area contributed by atoms with Crippen molar-refractivity contribution in [2.75, 3.05) is 13.1 Å². The Bertz CT molecular complexity index is 654. The number of nitrogens with zero attached hydrogens (tertiary/aromatic N) is 2. The summed E-state index contributed by atoms with van der Waals surface area (Å²) in [5.74, 6) is -0.388. The van der Waals surface area contributed by atoms with Crippen molar-refractivity contribution in [3.8, 4) is 11.5 Å². The van der Waals surface area contributed by atoms with Crippen LogP contribution in [0.1, 0.15) is 18.5 Å². The highest BCUT2D eigenvalue weighted by molar-refractivity contribution is 9.10. The maximum Gasteiger partial charge on any atom is 0.307 e. The van der Waals surface area contributed by atoms with Crippen LogP contribution in [0, 0.1) is 5.92 Å². The van der Waals surface area contributed by atoms with Crippen molar-refractivity contribution >= 4 is 21.9 Å². The van der Waals surface area contributed by atoms with Crippen molar-refractivity contribution in [2.45, 2.75) is 19.4 Å². The van der Waals surface area contributed by atoms with Crippen LogP contribution in [0.4, 0.5) is 0 Å². The van der Waals surface area contributed by atoms with Crippen LogP contribution >= 0.6 is 15.9 Å². The van der Waals surface area contributed by atoms with Crippen molar-refractivity contribution in [3.63, 3.8) is 0 Å². The molecule has 0 spiro atoms. The van der Waals surface area contributed by atoms with Gasteiger partial charge in [-0.25, -0.2) is 4.98 Å². The third kappa shape index (κ3) is 3.56. The van der Waals surface area contributed by atoms with Gasteiger partial charge in [-0.15, -0.1) is 0 Å². The maximum atomic E-state index is 11.1. The Kier molecular flexibility index (Phi) is 4.59. The van der Waals surface area contributed by atoms with Crippen LogP contribution < -0.4 is 0 Å². The van der Waals surface area contributed by atoms with Crippen LogP contribution in [0.15, 0.2) is 39.4 Å².